The van der Waals surface area contributed by atoms with Crippen LogP contribution in [0.3, 0.4) is 0 Å². The molecule has 158 valence electrons. The van der Waals surface area contributed by atoms with E-state index in [9.17, 15) is 4.79 Å². The second kappa shape index (κ2) is 8.52. The van der Waals surface area contributed by atoms with E-state index < -0.39 is 0 Å². The second-order valence-corrected chi connectivity index (χ2v) is 8.39. The van der Waals surface area contributed by atoms with Gasteiger partial charge in [-0.05, 0) is 18.6 Å². The lowest BCUT2D eigenvalue weighted by Gasteiger charge is -2.35. The first-order valence-corrected chi connectivity index (χ1v) is 11.3. The van der Waals surface area contributed by atoms with Gasteiger partial charge in [-0.2, -0.15) is 0 Å². The molecule has 1 saturated heterocycles. The molecule has 0 unspecified atom stereocenters. The van der Waals surface area contributed by atoms with Gasteiger partial charge in [0, 0.05) is 68.3 Å². The fourth-order valence-corrected chi connectivity index (χ4v) is 4.51. The minimum absolute atomic E-state index is 0.0185. The lowest BCUT2D eigenvalue weighted by atomic mass is 10.2. The molecule has 0 aromatic carbocycles. The van der Waals surface area contributed by atoms with Crippen LogP contribution < -0.4 is 10.5 Å². The Morgan fingerprint density at radius 2 is 1.90 bits per heavy atom. The normalized spacial score (nSPS) is 14.9. The van der Waals surface area contributed by atoms with E-state index in [0.29, 0.717) is 12.4 Å². The smallest absolute Gasteiger partial charge is 0.258 e. The number of nitrogens with zero attached hydrogens (tertiary/aromatic N) is 7. The van der Waals surface area contributed by atoms with E-state index in [1.807, 2.05) is 23.6 Å². The summed E-state index contributed by atoms with van der Waals surface area (Å²) < 4.78 is 1.59. The van der Waals surface area contributed by atoms with Gasteiger partial charge in [0.05, 0.1) is 5.69 Å². The minimum atomic E-state index is -0.0185. The van der Waals surface area contributed by atoms with Gasteiger partial charge in [-0.25, -0.2) is 15.0 Å². The van der Waals surface area contributed by atoms with Crippen LogP contribution in [0.5, 0.6) is 0 Å². The number of piperazine rings is 1. The summed E-state index contributed by atoms with van der Waals surface area (Å²) in [5.41, 5.74) is 2.62. The molecule has 9 heteroatoms. The number of hydrogen-bond acceptors (Lipinski definition) is 8. The molecule has 31 heavy (non-hydrogen) atoms. The summed E-state index contributed by atoms with van der Waals surface area (Å²) in [4.78, 5) is 36.1. The van der Waals surface area contributed by atoms with Gasteiger partial charge in [0.2, 0.25) is 0 Å². The molecule has 5 rings (SSSR count). The van der Waals surface area contributed by atoms with E-state index in [4.69, 9.17) is 4.98 Å². The fraction of sp³-hybridized carbons (Fsp3) is 0.318. The Labute approximate surface area is 183 Å². The van der Waals surface area contributed by atoms with Gasteiger partial charge in [0.15, 0.2) is 10.8 Å². The van der Waals surface area contributed by atoms with Gasteiger partial charge < -0.3 is 4.90 Å². The van der Waals surface area contributed by atoms with Gasteiger partial charge in [-0.15, -0.1) is 11.3 Å². The van der Waals surface area contributed by atoms with Crippen molar-refractivity contribution in [2.45, 2.75) is 19.9 Å². The van der Waals surface area contributed by atoms with Crippen molar-refractivity contribution in [2.75, 3.05) is 31.1 Å². The quantitative estimate of drug-likeness (QED) is 0.478. The number of fused-ring (bicyclic) bond motifs is 1. The SMILES string of the molecule is CCc1cc(N2CCN(Cc3cc(=O)n4ccsc4n3)CC2)nc(-c2ccccn2)n1. The van der Waals surface area contributed by atoms with Crippen LogP contribution in [0.2, 0.25) is 0 Å². The van der Waals surface area contributed by atoms with Gasteiger partial charge in [-0.1, -0.05) is 13.0 Å². The third-order valence-electron chi connectivity index (χ3n) is 5.46. The van der Waals surface area contributed by atoms with Crippen LogP contribution in [0.4, 0.5) is 5.82 Å². The number of aryl methyl sites for hydroxylation is 1. The summed E-state index contributed by atoms with van der Waals surface area (Å²) in [6, 6.07) is 9.51. The molecule has 4 aromatic heterocycles. The van der Waals surface area contributed by atoms with E-state index in [2.05, 4.69) is 37.7 Å². The van der Waals surface area contributed by atoms with Gasteiger partial charge >= 0.3 is 0 Å². The molecule has 0 saturated carbocycles. The van der Waals surface area contributed by atoms with Crippen LogP contribution in [0.15, 0.2) is 52.9 Å². The van der Waals surface area contributed by atoms with Crippen LogP contribution in [0, 0.1) is 0 Å². The molecule has 1 fully saturated rings. The monoisotopic (exact) mass is 433 g/mol. The molecular formula is C22H23N7OS. The van der Waals surface area contributed by atoms with Crippen molar-refractivity contribution in [2.24, 2.45) is 0 Å². The maximum atomic E-state index is 12.2. The average molecular weight is 434 g/mol. The zero-order chi connectivity index (χ0) is 21.2. The molecule has 8 nitrogen and oxygen atoms in total. The highest BCUT2D eigenvalue weighted by Crippen LogP contribution is 2.21. The first-order valence-electron chi connectivity index (χ1n) is 10.4. The zero-order valence-electron chi connectivity index (χ0n) is 17.3. The molecule has 0 N–H and O–H groups in total. The van der Waals surface area contributed by atoms with Crippen LogP contribution in [-0.2, 0) is 13.0 Å². The van der Waals surface area contributed by atoms with E-state index in [-0.39, 0.29) is 5.56 Å². The summed E-state index contributed by atoms with van der Waals surface area (Å²) in [5, 5.41) is 1.89. The Kier molecular flexibility index (Phi) is 5.44. The van der Waals surface area contributed by atoms with Gasteiger partial charge in [0.1, 0.15) is 11.5 Å². The van der Waals surface area contributed by atoms with E-state index >= 15 is 0 Å². The molecule has 0 amide bonds. The molecular weight excluding hydrogens is 410 g/mol. The standard InChI is InChI=1S/C22H23N7OS/c1-2-16-13-19(26-21(24-16)18-5-3-4-6-23-18)28-9-7-27(8-10-28)15-17-14-20(30)29-11-12-31-22(29)25-17/h3-6,11-14H,2,7-10,15H2,1H3. The van der Waals surface area contributed by atoms with Crippen LogP contribution in [0.1, 0.15) is 18.3 Å². The number of thiazole rings is 1. The van der Waals surface area contributed by atoms with E-state index in [0.717, 1.165) is 60.5 Å². The third kappa shape index (κ3) is 4.19. The molecule has 0 spiro atoms. The minimum Gasteiger partial charge on any atom is -0.354 e. The molecule has 0 atom stereocenters. The van der Waals surface area contributed by atoms with Crippen molar-refractivity contribution in [3.63, 3.8) is 0 Å². The Balaban J connectivity index is 1.30. The predicted octanol–water partition coefficient (Wildman–Crippen LogP) is 2.49. The van der Waals surface area contributed by atoms with Crippen molar-refractivity contribution >= 4 is 22.1 Å². The first-order chi connectivity index (χ1) is 15.2. The summed E-state index contributed by atoms with van der Waals surface area (Å²) >= 11 is 1.48. The molecule has 1 aliphatic heterocycles. The molecule has 4 aromatic rings. The number of pyridine rings is 1. The lowest BCUT2D eigenvalue weighted by molar-refractivity contribution is 0.246. The largest absolute Gasteiger partial charge is 0.354 e. The second-order valence-electron chi connectivity index (χ2n) is 7.51. The van der Waals surface area contributed by atoms with Gasteiger partial charge in [0.25, 0.3) is 5.56 Å². The van der Waals surface area contributed by atoms with Crippen LogP contribution >= 0.6 is 11.3 Å². The Bertz CT molecular complexity index is 1250. The summed E-state index contributed by atoms with van der Waals surface area (Å²) in [7, 11) is 0. The summed E-state index contributed by atoms with van der Waals surface area (Å²) in [5.74, 6) is 1.62. The molecule has 0 aliphatic carbocycles. The maximum absolute atomic E-state index is 12.2. The Morgan fingerprint density at radius 3 is 2.68 bits per heavy atom. The van der Waals surface area contributed by atoms with Crippen molar-refractivity contribution in [3.05, 3.63) is 69.8 Å². The van der Waals surface area contributed by atoms with Crippen LogP contribution in [-0.4, -0.2) is 55.4 Å². The van der Waals surface area contributed by atoms with E-state index in [1.54, 1.807) is 22.9 Å². The Morgan fingerprint density at radius 1 is 1.03 bits per heavy atom. The van der Waals surface area contributed by atoms with Crippen molar-refractivity contribution in [1.29, 1.82) is 0 Å². The first kappa shape index (κ1) is 19.8. The molecule has 0 bridgehead atoms. The van der Waals surface area contributed by atoms with Crippen molar-refractivity contribution < 1.29 is 0 Å². The average Bonchev–Trinajstić information content (AvgIpc) is 3.29. The van der Waals surface area contributed by atoms with Crippen LogP contribution in [0.25, 0.3) is 16.5 Å². The number of anilines is 1. The maximum Gasteiger partial charge on any atom is 0.258 e. The number of rotatable bonds is 5. The number of aromatic nitrogens is 5. The number of hydrogen-bond donors (Lipinski definition) is 0. The van der Waals surface area contributed by atoms with Crippen molar-refractivity contribution in [3.8, 4) is 11.5 Å². The summed E-state index contributed by atoms with van der Waals surface area (Å²) in [6.45, 7) is 6.28. The summed E-state index contributed by atoms with van der Waals surface area (Å²) in [6.07, 6.45) is 4.38. The van der Waals surface area contributed by atoms with E-state index in [1.165, 1.54) is 11.3 Å². The Hall–Kier alpha value is -3.17. The predicted molar refractivity (Wildman–Crippen MR) is 121 cm³/mol. The van der Waals surface area contributed by atoms with Gasteiger partial charge in [-0.3, -0.25) is 19.1 Å². The highest BCUT2D eigenvalue weighted by atomic mass is 32.1. The topological polar surface area (TPSA) is 79.5 Å². The fourth-order valence-electron chi connectivity index (χ4n) is 3.77. The highest BCUT2D eigenvalue weighted by molar-refractivity contribution is 7.15. The zero-order valence-corrected chi connectivity index (χ0v) is 18.1. The molecule has 0 radical (unpaired) electrons. The van der Waals surface area contributed by atoms with Crippen molar-refractivity contribution in [1.82, 2.24) is 29.2 Å². The molecule has 5 heterocycles. The third-order valence-corrected chi connectivity index (χ3v) is 6.22. The highest BCUT2D eigenvalue weighted by Gasteiger charge is 2.20. The molecule has 1 aliphatic rings. The lowest BCUT2D eigenvalue weighted by Crippen LogP contribution is -2.46.